The highest BCUT2D eigenvalue weighted by Gasteiger charge is 2.19. The lowest BCUT2D eigenvalue weighted by Gasteiger charge is -2.32. The number of ether oxygens (including phenoxy) is 2. The van der Waals surface area contributed by atoms with Gasteiger partial charge in [-0.15, -0.1) is 0 Å². The fourth-order valence-corrected chi connectivity index (χ4v) is 1.95. The van der Waals surface area contributed by atoms with Crippen molar-refractivity contribution in [2.24, 2.45) is 0 Å². The van der Waals surface area contributed by atoms with E-state index in [1.807, 2.05) is 6.92 Å². The zero-order valence-corrected chi connectivity index (χ0v) is 9.65. The van der Waals surface area contributed by atoms with Crippen molar-refractivity contribution in [1.82, 2.24) is 4.90 Å². The Hall–Kier alpha value is -0.160. The van der Waals surface area contributed by atoms with Crippen LogP contribution in [0, 0.1) is 0 Å². The van der Waals surface area contributed by atoms with Crippen LogP contribution in [0.3, 0.4) is 0 Å². The number of hydrogen-bond acceptors (Lipinski definition) is 4. The van der Waals surface area contributed by atoms with Crippen molar-refractivity contribution >= 4 is 0 Å². The van der Waals surface area contributed by atoms with Crippen LogP contribution < -0.4 is 0 Å². The second kappa shape index (κ2) is 8.05. The second-order valence-corrected chi connectivity index (χ2v) is 3.86. The molecule has 0 spiro atoms. The molecule has 0 aliphatic carbocycles. The van der Waals surface area contributed by atoms with Crippen LogP contribution in [0.15, 0.2) is 0 Å². The van der Waals surface area contributed by atoms with Gasteiger partial charge in [-0.1, -0.05) is 0 Å². The third-order valence-corrected chi connectivity index (χ3v) is 2.65. The Bertz CT molecular complexity index is 153. The molecule has 90 valence electrons. The summed E-state index contributed by atoms with van der Waals surface area (Å²) in [5.41, 5.74) is 0. The Balaban J connectivity index is 2.07. The molecule has 1 saturated heterocycles. The second-order valence-electron chi connectivity index (χ2n) is 3.86. The van der Waals surface area contributed by atoms with Crippen LogP contribution in [-0.2, 0) is 9.47 Å². The Kier molecular flexibility index (Phi) is 6.92. The maximum absolute atomic E-state index is 8.56. The molecule has 0 bridgehead atoms. The minimum Gasteiger partial charge on any atom is -0.394 e. The Morgan fingerprint density at radius 2 is 2.27 bits per heavy atom. The monoisotopic (exact) mass is 217 g/mol. The van der Waals surface area contributed by atoms with Gasteiger partial charge in [0, 0.05) is 19.7 Å². The fraction of sp³-hybridized carbons (Fsp3) is 1.00. The molecule has 0 aromatic rings. The molecule has 1 atom stereocenters. The van der Waals surface area contributed by atoms with E-state index in [4.69, 9.17) is 14.6 Å². The first-order chi connectivity index (χ1) is 7.36. The van der Waals surface area contributed by atoms with Gasteiger partial charge in [-0.25, -0.2) is 0 Å². The maximum Gasteiger partial charge on any atom is 0.0702 e. The van der Waals surface area contributed by atoms with Crippen molar-refractivity contribution in [2.45, 2.75) is 25.9 Å². The number of aliphatic hydroxyl groups is 1. The molecule has 0 saturated carbocycles. The lowest BCUT2D eigenvalue weighted by atomic mass is 10.1. The summed E-state index contributed by atoms with van der Waals surface area (Å²) >= 11 is 0. The fourth-order valence-electron chi connectivity index (χ4n) is 1.95. The SMILES string of the molecule is CCOC1CCCN(CCOCCO)C1. The molecule has 1 fully saturated rings. The van der Waals surface area contributed by atoms with Crippen LogP contribution in [0.2, 0.25) is 0 Å². The number of nitrogens with zero attached hydrogens (tertiary/aromatic N) is 1. The van der Waals surface area contributed by atoms with Crippen molar-refractivity contribution in [2.75, 3.05) is 46.1 Å². The van der Waals surface area contributed by atoms with Crippen LogP contribution in [0.5, 0.6) is 0 Å². The Morgan fingerprint density at radius 1 is 1.40 bits per heavy atom. The van der Waals surface area contributed by atoms with Crippen LogP contribution in [0.25, 0.3) is 0 Å². The molecule has 0 radical (unpaired) electrons. The predicted octanol–water partition coefficient (Wildman–Crippen LogP) is 0.496. The zero-order chi connectivity index (χ0) is 10.9. The molecule has 4 nitrogen and oxygen atoms in total. The zero-order valence-electron chi connectivity index (χ0n) is 9.65. The topological polar surface area (TPSA) is 41.9 Å². The smallest absolute Gasteiger partial charge is 0.0702 e. The quantitative estimate of drug-likeness (QED) is 0.630. The molecular formula is C11H23NO3. The van der Waals surface area contributed by atoms with Crippen molar-refractivity contribution < 1.29 is 14.6 Å². The average molecular weight is 217 g/mol. The van der Waals surface area contributed by atoms with Gasteiger partial charge >= 0.3 is 0 Å². The molecule has 1 heterocycles. The summed E-state index contributed by atoms with van der Waals surface area (Å²) in [5.74, 6) is 0. The lowest BCUT2D eigenvalue weighted by Crippen LogP contribution is -2.41. The molecule has 0 aromatic heterocycles. The highest BCUT2D eigenvalue weighted by atomic mass is 16.5. The van der Waals surface area contributed by atoms with Crippen LogP contribution in [0.4, 0.5) is 0 Å². The van der Waals surface area contributed by atoms with Crippen LogP contribution in [-0.4, -0.2) is 62.2 Å². The highest BCUT2D eigenvalue weighted by Crippen LogP contribution is 2.12. The van der Waals surface area contributed by atoms with Gasteiger partial charge in [0.05, 0.1) is 25.9 Å². The minimum absolute atomic E-state index is 0.113. The van der Waals surface area contributed by atoms with Gasteiger partial charge in [-0.05, 0) is 26.3 Å². The van der Waals surface area contributed by atoms with Crippen molar-refractivity contribution in [3.63, 3.8) is 0 Å². The van der Waals surface area contributed by atoms with E-state index in [0.29, 0.717) is 19.3 Å². The standard InChI is InChI=1S/C11H23NO3/c1-2-15-11-4-3-5-12(10-11)6-8-14-9-7-13/h11,13H,2-10H2,1H3. The van der Waals surface area contributed by atoms with Crippen molar-refractivity contribution in [3.8, 4) is 0 Å². The number of hydrogen-bond donors (Lipinski definition) is 1. The van der Waals surface area contributed by atoms with Crippen LogP contribution in [0.1, 0.15) is 19.8 Å². The lowest BCUT2D eigenvalue weighted by molar-refractivity contribution is -0.00477. The van der Waals surface area contributed by atoms with Crippen molar-refractivity contribution in [3.05, 3.63) is 0 Å². The summed E-state index contributed by atoms with van der Waals surface area (Å²) in [6.45, 7) is 7.23. The van der Waals surface area contributed by atoms with Gasteiger partial charge in [0.15, 0.2) is 0 Å². The van der Waals surface area contributed by atoms with Gasteiger partial charge in [-0.3, -0.25) is 4.90 Å². The molecule has 1 unspecified atom stereocenters. The molecule has 1 N–H and O–H groups in total. The largest absolute Gasteiger partial charge is 0.394 e. The molecule has 15 heavy (non-hydrogen) atoms. The van der Waals surface area contributed by atoms with E-state index in [2.05, 4.69) is 4.90 Å². The van der Waals surface area contributed by atoms with Gasteiger partial charge < -0.3 is 14.6 Å². The number of rotatable bonds is 7. The summed E-state index contributed by atoms with van der Waals surface area (Å²) in [6.07, 6.45) is 2.80. The third-order valence-electron chi connectivity index (χ3n) is 2.65. The molecule has 4 heteroatoms. The average Bonchev–Trinajstić information content (AvgIpc) is 2.26. The molecule has 0 aromatic carbocycles. The number of likely N-dealkylation sites (tertiary alicyclic amines) is 1. The van der Waals surface area contributed by atoms with Gasteiger partial charge in [-0.2, -0.15) is 0 Å². The molecule has 1 rings (SSSR count). The summed E-state index contributed by atoms with van der Waals surface area (Å²) < 4.78 is 10.9. The van der Waals surface area contributed by atoms with E-state index < -0.39 is 0 Å². The van der Waals surface area contributed by atoms with Crippen molar-refractivity contribution in [1.29, 1.82) is 0 Å². The maximum atomic E-state index is 8.56. The van der Waals surface area contributed by atoms with E-state index in [9.17, 15) is 0 Å². The Morgan fingerprint density at radius 3 is 3.00 bits per heavy atom. The predicted molar refractivity (Wildman–Crippen MR) is 59.0 cm³/mol. The molecule has 1 aliphatic heterocycles. The number of aliphatic hydroxyl groups excluding tert-OH is 1. The first kappa shape index (κ1) is 12.9. The van der Waals surface area contributed by atoms with Gasteiger partial charge in [0.2, 0.25) is 0 Å². The highest BCUT2D eigenvalue weighted by molar-refractivity contribution is 4.72. The van der Waals surface area contributed by atoms with E-state index in [1.54, 1.807) is 0 Å². The van der Waals surface area contributed by atoms with E-state index in [0.717, 1.165) is 26.2 Å². The minimum atomic E-state index is 0.113. The normalized spacial score (nSPS) is 23.2. The summed E-state index contributed by atoms with van der Waals surface area (Å²) in [4.78, 5) is 2.38. The number of piperidine rings is 1. The summed E-state index contributed by atoms with van der Waals surface area (Å²) in [5, 5.41) is 8.56. The third kappa shape index (κ3) is 5.47. The van der Waals surface area contributed by atoms with Gasteiger partial charge in [0.1, 0.15) is 0 Å². The molecular weight excluding hydrogens is 194 g/mol. The molecule has 1 aliphatic rings. The van der Waals surface area contributed by atoms with E-state index >= 15 is 0 Å². The van der Waals surface area contributed by atoms with E-state index in [-0.39, 0.29) is 6.61 Å². The van der Waals surface area contributed by atoms with Gasteiger partial charge in [0.25, 0.3) is 0 Å². The Labute approximate surface area is 92.2 Å². The summed E-state index contributed by atoms with van der Waals surface area (Å²) in [7, 11) is 0. The first-order valence-electron chi connectivity index (χ1n) is 5.89. The molecule has 0 amide bonds. The summed E-state index contributed by atoms with van der Waals surface area (Å²) in [6, 6.07) is 0. The van der Waals surface area contributed by atoms with Crippen LogP contribution >= 0.6 is 0 Å². The van der Waals surface area contributed by atoms with E-state index in [1.165, 1.54) is 12.8 Å². The first-order valence-corrected chi connectivity index (χ1v) is 5.89.